The molecule has 0 fully saturated rings. The Bertz CT molecular complexity index is 1630. The molecule has 2 N–H and O–H groups in total. The normalized spacial score (nSPS) is 17.7. The van der Waals surface area contributed by atoms with Crippen molar-refractivity contribution in [2.75, 3.05) is 13.2 Å². The number of aliphatic imine (C=N–C) groups is 1. The third-order valence-electron chi connectivity index (χ3n) is 7.07. The number of rotatable bonds is 11. The monoisotopic (exact) mass is 744 g/mol. The molecule has 1 heterocycles. The molecule has 4 aromatic rings. The fourth-order valence-electron chi connectivity index (χ4n) is 4.86. The smallest absolute Gasteiger partial charge is 0.252 e. The zero-order valence-corrected chi connectivity index (χ0v) is 27.6. The molecule has 6 nitrogen and oxygen atoms in total. The van der Waals surface area contributed by atoms with Gasteiger partial charge in [-0.2, -0.15) is 0 Å². The van der Waals surface area contributed by atoms with Crippen molar-refractivity contribution in [3.8, 4) is 5.75 Å². The second kappa shape index (κ2) is 14.3. The van der Waals surface area contributed by atoms with Crippen molar-refractivity contribution in [2.24, 2.45) is 4.99 Å². The number of ether oxygens (including phenoxy) is 2. The van der Waals surface area contributed by atoms with Crippen LogP contribution in [0.25, 0.3) is 0 Å². The minimum absolute atomic E-state index is 0.0614. The first-order chi connectivity index (χ1) is 20.8. The van der Waals surface area contributed by atoms with Crippen LogP contribution < -0.4 is 10.1 Å². The highest BCUT2D eigenvalue weighted by Gasteiger charge is 2.54. The van der Waals surface area contributed by atoms with E-state index in [9.17, 15) is 4.79 Å². The average Bonchev–Trinajstić information content (AvgIpc) is 3.39. The maximum Gasteiger partial charge on any atom is 0.252 e. The van der Waals surface area contributed by atoms with Crippen molar-refractivity contribution >= 4 is 66.9 Å². The molecule has 222 valence electrons. The summed E-state index contributed by atoms with van der Waals surface area (Å²) in [6.07, 6.45) is 0.0547. The molecule has 0 unspecified atom stereocenters. The summed E-state index contributed by atoms with van der Waals surface area (Å²) in [7, 11) is 0. The summed E-state index contributed by atoms with van der Waals surface area (Å²) in [4.78, 5) is 19.5. The zero-order valence-electron chi connectivity index (χ0n) is 22.9. The number of carbonyl (C=O) groups excluding carboxylic acids is 1. The van der Waals surface area contributed by atoms with Gasteiger partial charge in [0.15, 0.2) is 11.6 Å². The van der Waals surface area contributed by atoms with E-state index in [1.807, 2.05) is 78.9 Å². The first-order valence-electron chi connectivity index (χ1n) is 13.6. The first-order valence-corrected chi connectivity index (χ1v) is 16.0. The van der Waals surface area contributed by atoms with Crippen molar-refractivity contribution in [3.63, 3.8) is 0 Å². The Balaban J connectivity index is 1.57. The van der Waals surface area contributed by atoms with Crippen LogP contribution in [0.4, 0.5) is 0 Å². The SMILES string of the molecule is O=C(NCc1ccc(Cl)c(Cl)c1)[C@]1(Cc2ccccc2Br)N=C(c2ccc(OCCCO)cc2)O[C@@H]1c1ccccc1Br. The van der Waals surface area contributed by atoms with Crippen LogP contribution in [0.3, 0.4) is 0 Å². The molecule has 0 spiro atoms. The molecule has 0 aliphatic carbocycles. The molecule has 2 atom stereocenters. The number of aliphatic hydroxyl groups excluding tert-OH is 1. The predicted molar refractivity (Wildman–Crippen MR) is 177 cm³/mol. The topological polar surface area (TPSA) is 80.2 Å². The summed E-state index contributed by atoms with van der Waals surface area (Å²) >= 11 is 19.7. The average molecular weight is 747 g/mol. The van der Waals surface area contributed by atoms with Crippen molar-refractivity contribution in [3.05, 3.63) is 132 Å². The summed E-state index contributed by atoms with van der Waals surface area (Å²) in [5, 5.41) is 13.0. The molecule has 1 amide bonds. The van der Waals surface area contributed by atoms with Crippen molar-refractivity contribution in [1.29, 1.82) is 0 Å². The van der Waals surface area contributed by atoms with Gasteiger partial charge in [0.1, 0.15) is 5.75 Å². The highest BCUT2D eigenvalue weighted by Crippen LogP contribution is 2.45. The van der Waals surface area contributed by atoms with E-state index in [-0.39, 0.29) is 25.5 Å². The van der Waals surface area contributed by atoms with Crippen LogP contribution in [0.15, 0.2) is 105 Å². The Morgan fingerprint density at radius 2 is 1.67 bits per heavy atom. The minimum Gasteiger partial charge on any atom is -0.494 e. The van der Waals surface area contributed by atoms with E-state index in [1.165, 1.54) is 0 Å². The third kappa shape index (κ3) is 7.27. The molecule has 0 radical (unpaired) electrons. The largest absolute Gasteiger partial charge is 0.494 e. The van der Waals surface area contributed by atoms with E-state index in [4.69, 9.17) is 42.8 Å². The zero-order chi connectivity index (χ0) is 30.4. The van der Waals surface area contributed by atoms with Crippen LogP contribution >= 0.6 is 55.1 Å². The molecule has 10 heteroatoms. The van der Waals surface area contributed by atoms with Gasteiger partial charge in [-0.1, -0.05) is 97.5 Å². The van der Waals surface area contributed by atoms with E-state index in [2.05, 4.69) is 37.2 Å². The van der Waals surface area contributed by atoms with Gasteiger partial charge in [0.05, 0.1) is 16.7 Å². The molecule has 0 bridgehead atoms. The molecule has 0 saturated heterocycles. The lowest BCUT2D eigenvalue weighted by molar-refractivity contribution is -0.129. The maximum absolute atomic E-state index is 14.5. The van der Waals surface area contributed by atoms with Crippen molar-refractivity contribution < 1.29 is 19.4 Å². The van der Waals surface area contributed by atoms with E-state index in [0.29, 0.717) is 40.3 Å². The second-order valence-corrected chi connectivity index (χ2v) is 12.5. The number of benzene rings is 4. The lowest BCUT2D eigenvalue weighted by Gasteiger charge is -2.31. The Kier molecular flexibility index (Phi) is 10.5. The molecule has 4 aromatic carbocycles. The standard InChI is InChI=1S/C33H28Br2Cl2N2O4/c34-26-8-3-1-6-23(26)19-33(32(41)38-20-21-10-15-28(36)29(37)18-21)30(25-7-2-4-9-27(25)35)43-31(39-33)22-11-13-24(14-12-22)42-17-5-16-40/h1-4,6-15,18,30,40H,5,16-17,19-20H2,(H,38,41)/t30-,33-/m1/s1. The van der Waals surface area contributed by atoms with Gasteiger partial charge >= 0.3 is 0 Å². The summed E-state index contributed by atoms with van der Waals surface area (Å²) in [6, 6.07) is 28.1. The molecule has 43 heavy (non-hydrogen) atoms. The Morgan fingerprint density at radius 1 is 0.953 bits per heavy atom. The van der Waals surface area contributed by atoms with Gasteiger partial charge in [-0.15, -0.1) is 0 Å². The first kappa shape index (κ1) is 31.5. The van der Waals surface area contributed by atoms with Crippen LogP contribution in [0, 0.1) is 0 Å². The lowest BCUT2D eigenvalue weighted by Crippen LogP contribution is -2.49. The molecular formula is C33H28Br2Cl2N2O4. The summed E-state index contributed by atoms with van der Waals surface area (Å²) in [6.45, 7) is 0.693. The van der Waals surface area contributed by atoms with Crippen LogP contribution in [0.5, 0.6) is 5.75 Å². The van der Waals surface area contributed by atoms with Crippen LogP contribution in [-0.2, 0) is 22.5 Å². The number of nitrogens with zero attached hydrogens (tertiary/aromatic N) is 1. The fourth-order valence-corrected chi connectivity index (χ4v) is 6.10. The fraction of sp³-hybridized carbons (Fsp3) is 0.212. The van der Waals surface area contributed by atoms with Crippen molar-refractivity contribution in [1.82, 2.24) is 5.32 Å². The Hall–Kier alpha value is -2.88. The summed E-state index contributed by atoms with van der Waals surface area (Å²) < 4.78 is 14.0. The quantitative estimate of drug-likeness (QED) is 0.152. The van der Waals surface area contributed by atoms with Crippen molar-refractivity contribution in [2.45, 2.75) is 31.0 Å². The van der Waals surface area contributed by atoms with E-state index in [1.54, 1.807) is 12.1 Å². The number of hydrogen-bond donors (Lipinski definition) is 2. The predicted octanol–water partition coefficient (Wildman–Crippen LogP) is 8.10. The number of carbonyl (C=O) groups is 1. The minimum atomic E-state index is -1.37. The van der Waals surface area contributed by atoms with E-state index in [0.717, 1.165) is 25.6 Å². The van der Waals surface area contributed by atoms with Gasteiger partial charge < -0.3 is 19.9 Å². The highest BCUT2D eigenvalue weighted by molar-refractivity contribution is 9.10. The number of hydrogen-bond acceptors (Lipinski definition) is 5. The Labute approximate surface area is 277 Å². The van der Waals surface area contributed by atoms with Gasteiger partial charge in [-0.3, -0.25) is 4.79 Å². The second-order valence-electron chi connectivity index (χ2n) is 10.0. The van der Waals surface area contributed by atoms with Gasteiger partial charge in [-0.25, -0.2) is 4.99 Å². The maximum atomic E-state index is 14.5. The summed E-state index contributed by atoms with van der Waals surface area (Å²) in [5.41, 5.74) is 1.84. The van der Waals surface area contributed by atoms with E-state index < -0.39 is 11.6 Å². The molecule has 5 rings (SSSR count). The van der Waals surface area contributed by atoms with Crippen LogP contribution in [0.1, 0.15) is 34.8 Å². The molecule has 1 aliphatic rings. The lowest BCUT2D eigenvalue weighted by atomic mass is 9.82. The van der Waals surface area contributed by atoms with Crippen LogP contribution in [-0.4, -0.2) is 35.7 Å². The van der Waals surface area contributed by atoms with E-state index >= 15 is 0 Å². The number of aliphatic hydroxyl groups is 1. The Morgan fingerprint density at radius 3 is 2.37 bits per heavy atom. The number of halogens is 4. The van der Waals surface area contributed by atoms with Gasteiger partial charge in [0, 0.05) is 46.1 Å². The van der Waals surface area contributed by atoms with Crippen LogP contribution in [0.2, 0.25) is 10.0 Å². The molecular weight excluding hydrogens is 719 g/mol. The van der Waals surface area contributed by atoms with Gasteiger partial charge in [0.25, 0.3) is 5.91 Å². The molecule has 0 saturated carbocycles. The summed E-state index contributed by atoms with van der Waals surface area (Å²) in [5.74, 6) is 0.713. The number of amides is 1. The van der Waals surface area contributed by atoms with Gasteiger partial charge in [-0.05, 0) is 59.7 Å². The third-order valence-corrected chi connectivity index (χ3v) is 9.31. The van der Waals surface area contributed by atoms with Gasteiger partial charge in [0.2, 0.25) is 5.90 Å². The molecule has 0 aromatic heterocycles. The molecule has 1 aliphatic heterocycles. The highest BCUT2D eigenvalue weighted by atomic mass is 79.9. The number of nitrogens with one attached hydrogen (secondary N) is 1.